The lowest BCUT2D eigenvalue weighted by Gasteiger charge is -2.22. The maximum absolute atomic E-state index is 5.83. The Bertz CT molecular complexity index is 717. The summed E-state index contributed by atoms with van der Waals surface area (Å²) in [6.45, 7) is 3.65. The second-order valence-electron chi connectivity index (χ2n) is 6.19. The van der Waals surface area contributed by atoms with Crippen molar-refractivity contribution in [1.29, 1.82) is 0 Å². The number of aromatic nitrogens is 3. The number of nitrogens with zero attached hydrogens (tertiary/aromatic N) is 3. The van der Waals surface area contributed by atoms with E-state index in [1.807, 2.05) is 40.6 Å². The molecule has 1 aromatic heterocycles. The highest BCUT2D eigenvalue weighted by atomic mass is 32.1. The molecule has 0 radical (unpaired) electrons. The van der Waals surface area contributed by atoms with E-state index in [-0.39, 0.29) is 0 Å². The largest absolute Gasteiger partial charge is 0.497 e. The van der Waals surface area contributed by atoms with Crippen LogP contribution in [0.4, 0.5) is 0 Å². The molecule has 1 fully saturated rings. The fourth-order valence-electron chi connectivity index (χ4n) is 3.00. The standard InChI is InChI=1S/C17H24N4O2S/c1-19-16(12-23-15-8-6-14(22-2)7-9-15)18-21(17(19)24)13-20-10-4-3-5-11-20/h6-9H,3-5,10-13H2,1-2H3/p+1. The normalized spacial score (nSPS) is 15.4. The van der Waals surface area contributed by atoms with E-state index in [0.717, 1.165) is 28.8 Å². The van der Waals surface area contributed by atoms with Crippen LogP contribution in [0.25, 0.3) is 0 Å². The fourth-order valence-corrected chi connectivity index (χ4v) is 3.21. The minimum absolute atomic E-state index is 0.398. The van der Waals surface area contributed by atoms with E-state index in [4.69, 9.17) is 21.7 Å². The lowest BCUT2D eigenvalue weighted by molar-refractivity contribution is -0.928. The molecular formula is C17H25N4O2S+. The summed E-state index contributed by atoms with van der Waals surface area (Å²) in [5, 5.41) is 4.66. The van der Waals surface area contributed by atoms with Gasteiger partial charge in [-0.3, -0.25) is 0 Å². The molecule has 0 spiro atoms. The average molecular weight is 349 g/mol. The zero-order valence-electron chi connectivity index (χ0n) is 14.3. The topological polar surface area (TPSA) is 45.6 Å². The van der Waals surface area contributed by atoms with E-state index in [0.29, 0.717) is 6.61 Å². The van der Waals surface area contributed by atoms with Gasteiger partial charge in [0.05, 0.1) is 20.2 Å². The molecule has 24 heavy (non-hydrogen) atoms. The van der Waals surface area contributed by atoms with Gasteiger partial charge in [-0.05, 0) is 55.7 Å². The Hall–Kier alpha value is -1.86. The first-order valence-electron chi connectivity index (χ1n) is 8.40. The molecule has 2 heterocycles. The molecule has 0 bridgehead atoms. The van der Waals surface area contributed by atoms with Gasteiger partial charge in [-0.2, -0.15) is 4.68 Å². The number of quaternary nitrogens is 1. The van der Waals surface area contributed by atoms with Gasteiger partial charge < -0.3 is 18.9 Å². The van der Waals surface area contributed by atoms with Crippen LogP contribution in [0, 0.1) is 4.77 Å². The molecule has 2 aromatic rings. The van der Waals surface area contributed by atoms with Crippen molar-refractivity contribution in [1.82, 2.24) is 14.3 Å². The number of nitrogens with one attached hydrogen (secondary N) is 1. The maximum Gasteiger partial charge on any atom is 0.202 e. The van der Waals surface area contributed by atoms with Gasteiger partial charge in [-0.25, -0.2) is 0 Å². The highest BCUT2D eigenvalue weighted by Crippen LogP contribution is 2.17. The van der Waals surface area contributed by atoms with E-state index < -0.39 is 0 Å². The van der Waals surface area contributed by atoms with Crippen LogP contribution in [-0.4, -0.2) is 34.5 Å². The van der Waals surface area contributed by atoms with E-state index >= 15 is 0 Å². The molecule has 1 aromatic carbocycles. The maximum atomic E-state index is 5.83. The van der Waals surface area contributed by atoms with Crippen molar-refractivity contribution < 1.29 is 14.4 Å². The van der Waals surface area contributed by atoms with Crippen molar-refractivity contribution in [3.8, 4) is 11.5 Å². The molecule has 6 nitrogen and oxygen atoms in total. The van der Waals surface area contributed by atoms with Crippen LogP contribution in [0.2, 0.25) is 0 Å². The first-order valence-corrected chi connectivity index (χ1v) is 8.81. The van der Waals surface area contributed by atoms with Gasteiger partial charge >= 0.3 is 0 Å². The Kier molecular flexibility index (Phi) is 5.52. The summed E-state index contributed by atoms with van der Waals surface area (Å²) in [6.07, 6.45) is 3.93. The molecule has 1 N–H and O–H groups in total. The van der Waals surface area contributed by atoms with Crippen LogP contribution in [0.15, 0.2) is 24.3 Å². The summed E-state index contributed by atoms with van der Waals surface area (Å²) < 4.78 is 15.6. The highest BCUT2D eigenvalue weighted by molar-refractivity contribution is 7.71. The average Bonchev–Trinajstić information content (AvgIpc) is 2.89. The van der Waals surface area contributed by atoms with Gasteiger partial charge in [-0.15, -0.1) is 5.10 Å². The Morgan fingerprint density at radius 2 is 1.79 bits per heavy atom. The molecular weight excluding hydrogens is 324 g/mol. The van der Waals surface area contributed by atoms with Gasteiger partial charge in [0.1, 0.15) is 18.1 Å². The molecule has 1 aliphatic rings. The molecule has 130 valence electrons. The van der Waals surface area contributed by atoms with Crippen molar-refractivity contribution >= 4 is 12.2 Å². The van der Waals surface area contributed by atoms with Gasteiger partial charge in [0.25, 0.3) is 0 Å². The third kappa shape index (κ3) is 3.96. The monoisotopic (exact) mass is 349 g/mol. The fraction of sp³-hybridized carbons (Fsp3) is 0.529. The molecule has 1 aliphatic heterocycles. The molecule has 0 amide bonds. The van der Waals surface area contributed by atoms with Gasteiger partial charge in [0, 0.05) is 7.05 Å². The van der Waals surface area contributed by atoms with E-state index in [2.05, 4.69) is 5.10 Å². The van der Waals surface area contributed by atoms with Crippen molar-refractivity contribution in [3.63, 3.8) is 0 Å². The Labute approximate surface area is 147 Å². The Morgan fingerprint density at radius 1 is 1.12 bits per heavy atom. The summed E-state index contributed by atoms with van der Waals surface area (Å²) in [7, 11) is 3.60. The highest BCUT2D eigenvalue weighted by Gasteiger charge is 2.17. The predicted octanol–water partition coefficient (Wildman–Crippen LogP) is 1.56. The van der Waals surface area contributed by atoms with Gasteiger partial charge in [-0.1, -0.05) is 0 Å². The van der Waals surface area contributed by atoms with Crippen LogP contribution >= 0.6 is 12.2 Å². The molecule has 0 saturated carbocycles. The molecule has 0 atom stereocenters. The minimum Gasteiger partial charge on any atom is -0.497 e. The number of rotatable bonds is 6. The van der Waals surface area contributed by atoms with Crippen LogP contribution in [0.1, 0.15) is 25.1 Å². The lowest BCUT2D eigenvalue weighted by atomic mass is 10.1. The number of likely N-dealkylation sites (tertiary alicyclic amines) is 1. The number of benzene rings is 1. The van der Waals surface area contributed by atoms with Crippen molar-refractivity contribution in [3.05, 3.63) is 34.9 Å². The molecule has 3 rings (SSSR count). The molecule has 1 saturated heterocycles. The third-order valence-corrected chi connectivity index (χ3v) is 4.98. The van der Waals surface area contributed by atoms with Crippen LogP contribution in [0.3, 0.4) is 0 Å². The zero-order valence-corrected chi connectivity index (χ0v) is 15.1. The SMILES string of the molecule is COc1ccc(OCc2nn(C[NH+]3CCCCC3)c(=S)n2C)cc1. The van der Waals surface area contributed by atoms with Crippen LogP contribution in [0.5, 0.6) is 11.5 Å². The number of ether oxygens (including phenoxy) is 2. The first kappa shape index (κ1) is 17.0. The van der Waals surface area contributed by atoms with Crippen LogP contribution in [-0.2, 0) is 20.3 Å². The number of piperidine rings is 1. The van der Waals surface area contributed by atoms with E-state index in [1.54, 1.807) is 12.0 Å². The number of hydrogen-bond donors (Lipinski definition) is 1. The summed E-state index contributed by atoms with van der Waals surface area (Å²) in [5.41, 5.74) is 0. The Morgan fingerprint density at radius 3 is 2.46 bits per heavy atom. The van der Waals surface area contributed by atoms with Crippen molar-refractivity contribution in [2.24, 2.45) is 7.05 Å². The molecule has 7 heteroatoms. The van der Waals surface area contributed by atoms with Gasteiger partial charge in [0.2, 0.25) is 4.77 Å². The summed E-state index contributed by atoms with van der Waals surface area (Å²) in [5.74, 6) is 2.44. The summed E-state index contributed by atoms with van der Waals surface area (Å²) >= 11 is 5.52. The quantitative estimate of drug-likeness (QED) is 0.804. The number of methoxy groups -OCH3 is 1. The van der Waals surface area contributed by atoms with Crippen molar-refractivity contribution in [2.45, 2.75) is 32.5 Å². The second-order valence-corrected chi connectivity index (χ2v) is 6.56. The Balaban J connectivity index is 1.64. The van der Waals surface area contributed by atoms with Gasteiger partial charge in [0.15, 0.2) is 12.5 Å². The minimum atomic E-state index is 0.398. The second kappa shape index (κ2) is 7.81. The zero-order chi connectivity index (χ0) is 16.9. The lowest BCUT2D eigenvalue weighted by Crippen LogP contribution is -3.12. The number of hydrogen-bond acceptors (Lipinski definition) is 4. The summed E-state index contributed by atoms with van der Waals surface area (Å²) in [6, 6.07) is 7.54. The molecule has 0 aliphatic carbocycles. The third-order valence-electron chi connectivity index (χ3n) is 4.49. The van der Waals surface area contributed by atoms with E-state index in [9.17, 15) is 0 Å². The van der Waals surface area contributed by atoms with Crippen molar-refractivity contribution in [2.75, 3.05) is 20.2 Å². The van der Waals surface area contributed by atoms with Crippen LogP contribution < -0.4 is 14.4 Å². The van der Waals surface area contributed by atoms with E-state index in [1.165, 1.54) is 32.4 Å². The summed E-state index contributed by atoms with van der Waals surface area (Å²) in [4.78, 5) is 1.55. The molecule has 0 unspecified atom stereocenters. The predicted molar refractivity (Wildman–Crippen MR) is 93.9 cm³/mol. The smallest absolute Gasteiger partial charge is 0.202 e. The first-order chi connectivity index (χ1) is 11.7.